The third kappa shape index (κ3) is 5.62. The summed E-state index contributed by atoms with van der Waals surface area (Å²) in [7, 11) is 1.50. The predicted octanol–water partition coefficient (Wildman–Crippen LogP) is 4.21. The van der Waals surface area contributed by atoms with Crippen LogP contribution in [0.1, 0.15) is 20.7 Å². The van der Waals surface area contributed by atoms with Crippen LogP contribution in [0, 0.1) is 5.82 Å². The van der Waals surface area contributed by atoms with Gasteiger partial charge < -0.3 is 15.4 Å². The van der Waals surface area contributed by atoms with Gasteiger partial charge in [-0.1, -0.05) is 24.3 Å². The Morgan fingerprint density at radius 2 is 1.50 bits per heavy atom. The molecule has 0 saturated heterocycles. The number of carbonyl (C=O) groups is 2. The number of hydrogen-bond acceptors (Lipinski definition) is 4. The number of ether oxygens (including phenoxy) is 1. The molecule has 0 unspecified atom stereocenters. The Morgan fingerprint density at radius 3 is 2.20 bits per heavy atom. The third-order valence-corrected chi connectivity index (χ3v) is 4.21. The van der Waals surface area contributed by atoms with Gasteiger partial charge in [0.2, 0.25) is 0 Å². The SMILES string of the molecule is COc1cccc(C(=O)NC(=S)Nc2cc(F)cc(NC(=O)c3ccccc3)c2)c1. The number of thiocarbonyl (C=S) groups is 1. The molecule has 0 atom stereocenters. The van der Waals surface area contributed by atoms with Crippen molar-refractivity contribution in [2.75, 3.05) is 17.7 Å². The first-order valence-electron chi connectivity index (χ1n) is 8.88. The summed E-state index contributed by atoms with van der Waals surface area (Å²) in [5, 5.41) is 7.87. The molecule has 152 valence electrons. The van der Waals surface area contributed by atoms with E-state index in [1.807, 2.05) is 0 Å². The summed E-state index contributed by atoms with van der Waals surface area (Å²) in [6.45, 7) is 0. The van der Waals surface area contributed by atoms with Crippen LogP contribution in [0.2, 0.25) is 0 Å². The normalized spacial score (nSPS) is 10.1. The van der Waals surface area contributed by atoms with E-state index >= 15 is 0 Å². The van der Waals surface area contributed by atoms with Crippen molar-refractivity contribution >= 4 is 40.5 Å². The number of benzene rings is 3. The first kappa shape index (κ1) is 20.9. The van der Waals surface area contributed by atoms with Crippen LogP contribution in [0.25, 0.3) is 0 Å². The first-order valence-corrected chi connectivity index (χ1v) is 9.29. The lowest BCUT2D eigenvalue weighted by molar-refractivity contribution is 0.0976. The van der Waals surface area contributed by atoms with Gasteiger partial charge in [0.1, 0.15) is 11.6 Å². The molecule has 3 aromatic carbocycles. The lowest BCUT2D eigenvalue weighted by Crippen LogP contribution is -2.34. The molecule has 2 amide bonds. The highest BCUT2D eigenvalue weighted by Gasteiger charge is 2.11. The number of carbonyl (C=O) groups excluding carboxylic acids is 2. The topological polar surface area (TPSA) is 79.5 Å². The summed E-state index contributed by atoms with van der Waals surface area (Å²) in [4.78, 5) is 24.6. The average Bonchev–Trinajstić information content (AvgIpc) is 2.73. The third-order valence-electron chi connectivity index (χ3n) is 4.01. The molecule has 3 rings (SSSR count). The molecule has 0 aliphatic carbocycles. The van der Waals surface area contributed by atoms with E-state index in [0.717, 1.165) is 0 Å². The van der Waals surface area contributed by atoms with Crippen LogP contribution in [-0.2, 0) is 0 Å². The molecule has 6 nitrogen and oxygen atoms in total. The van der Waals surface area contributed by atoms with Gasteiger partial charge in [-0.2, -0.15) is 0 Å². The summed E-state index contributed by atoms with van der Waals surface area (Å²) < 4.78 is 19.1. The monoisotopic (exact) mass is 423 g/mol. The van der Waals surface area contributed by atoms with Crippen LogP contribution >= 0.6 is 12.2 Å². The minimum Gasteiger partial charge on any atom is -0.497 e. The molecule has 0 aliphatic heterocycles. The zero-order chi connectivity index (χ0) is 21.5. The van der Waals surface area contributed by atoms with Gasteiger partial charge in [-0.15, -0.1) is 0 Å². The molecule has 8 heteroatoms. The van der Waals surface area contributed by atoms with E-state index < -0.39 is 11.7 Å². The van der Waals surface area contributed by atoms with Crippen LogP contribution in [0.3, 0.4) is 0 Å². The van der Waals surface area contributed by atoms with Crippen LogP contribution in [0.4, 0.5) is 15.8 Å². The lowest BCUT2D eigenvalue weighted by atomic mass is 10.2. The quantitative estimate of drug-likeness (QED) is 0.536. The molecular formula is C22H18FN3O3S. The van der Waals surface area contributed by atoms with Gasteiger partial charge in [0.25, 0.3) is 11.8 Å². The zero-order valence-electron chi connectivity index (χ0n) is 15.9. The van der Waals surface area contributed by atoms with Crippen LogP contribution in [0.15, 0.2) is 72.8 Å². The van der Waals surface area contributed by atoms with Crippen molar-refractivity contribution in [1.29, 1.82) is 0 Å². The Morgan fingerprint density at radius 1 is 0.833 bits per heavy atom. The Bertz CT molecular complexity index is 1090. The van der Waals surface area contributed by atoms with Gasteiger partial charge in [0.05, 0.1) is 7.11 Å². The van der Waals surface area contributed by atoms with E-state index in [4.69, 9.17) is 17.0 Å². The zero-order valence-corrected chi connectivity index (χ0v) is 16.8. The highest BCUT2D eigenvalue weighted by Crippen LogP contribution is 2.19. The van der Waals surface area contributed by atoms with Crippen LogP contribution in [-0.4, -0.2) is 24.0 Å². The molecule has 0 radical (unpaired) electrons. The maximum atomic E-state index is 14.0. The largest absolute Gasteiger partial charge is 0.497 e. The second-order valence-electron chi connectivity index (χ2n) is 6.19. The predicted molar refractivity (Wildman–Crippen MR) is 117 cm³/mol. The van der Waals surface area contributed by atoms with Crippen molar-refractivity contribution in [3.8, 4) is 5.75 Å². The highest BCUT2D eigenvalue weighted by atomic mass is 32.1. The Hall–Kier alpha value is -3.78. The summed E-state index contributed by atoms with van der Waals surface area (Å²) in [5.41, 5.74) is 1.31. The van der Waals surface area contributed by atoms with Crippen LogP contribution < -0.4 is 20.7 Å². The van der Waals surface area contributed by atoms with Gasteiger partial charge >= 0.3 is 0 Å². The Balaban J connectivity index is 1.66. The minimum atomic E-state index is -0.578. The van der Waals surface area contributed by atoms with E-state index in [0.29, 0.717) is 16.9 Å². The molecule has 0 heterocycles. The fourth-order valence-electron chi connectivity index (χ4n) is 2.63. The average molecular weight is 423 g/mol. The fraction of sp³-hybridized carbons (Fsp3) is 0.0455. The number of rotatable bonds is 5. The van der Waals surface area contributed by atoms with E-state index in [1.165, 1.54) is 25.3 Å². The molecule has 0 saturated carbocycles. The number of methoxy groups -OCH3 is 1. The summed E-state index contributed by atoms with van der Waals surface area (Å²) in [6, 6.07) is 19.0. The van der Waals surface area contributed by atoms with Gasteiger partial charge in [-0.3, -0.25) is 14.9 Å². The fourth-order valence-corrected chi connectivity index (χ4v) is 2.84. The summed E-state index contributed by atoms with van der Waals surface area (Å²) in [6.07, 6.45) is 0. The number of nitrogens with one attached hydrogen (secondary N) is 3. The van der Waals surface area contributed by atoms with Gasteiger partial charge in [-0.25, -0.2) is 4.39 Å². The van der Waals surface area contributed by atoms with Gasteiger partial charge in [0.15, 0.2) is 5.11 Å². The molecule has 0 bridgehead atoms. The highest BCUT2D eigenvalue weighted by molar-refractivity contribution is 7.80. The number of halogens is 1. The van der Waals surface area contributed by atoms with Crippen molar-refractivity contribution in [3.63, 3.8) is 0 Å². The molecule has 3 aromatic rings. The molecule has 0 spiro atoms. The van der Waals surface area contributed by atoms with E-state index in [2.05, 4.69) is 16.0 Å². The van der Waals surface area contributed by atoms with Crippen molar-refractivity contribution in [3.05, 3.63) is 89.7 Å². The summed E-state index contributed by atoms with van der Waals surface area (Å²) >= 11 is 5.14. The van der Waals surface area contributed by atoms with Crippen molar-refractivity contribution in [2.24, 2.45) is 0 Å². The molecule has 0 fully saturated rings. The van der Waals surface area contributed by atoms with Crippen molar-refractivity contribution < 1.29 is 18.7 Å². The molecule has 0 aromatic heterocycles. The minimum absolute atomic E-state index is 0.0197. The van der Waals surface area contributed by atoms with E-state index in [9.17, 15) is 14.0 Å². The van der Waals surface area contributed by atoms with Gasteiger partial charge in [0, 0.05) is 22.5 Å². The number of hydrogen-bond donors (Lipinski definition) is 3. The standard InChI is InChI=1S/C22H18FN3O3S/c1-29-19-9-5-8-15(10-19)21(28)26-22(30)25-18-12-16(23)11-17(13-18)24-20(27)14-6-3-2-4-7-14/h2-13H,1H3,(H,24,27)(H2,25,26,28,30). The Labute approximate surface area is 178 Å². The maximum Gasteiger partial charge on any atom is 0.257 e. The van der Waals surface area contributed by atoms with Gasteiger partial charge in [-0.05, 0) is 60.7 Å². The van der Waals surface area contributed by atoms with Crippen molar-refractivity contribution in [1.82, 2.24) is 5.32 Å². The second kappa shape index (κ2) is 9.62. The van der Waals surface area contributed by atoms with E-state index in [-0.39, 0.29) is 22.4 Å². The lowest BCUT2D eigenvalue weighted by Gasteiger charge is -2.12. The Kier molecular flexibility index (Phi) is 6.71. The summed E-state index contributed by atoms with van der Waals surface area (Å²) in [5.74, 6) is -0.864. The van der Waals surface area contributed by atoms with E-state index in [1.54, 1.807) is 54.6 Å². The van der Waals surface area contributed by atoms with Crippen LogP contribution in [0.5, 0.6) is 5.75 Å². The second-order valence-corrected chi connectivity index (χ2v) is 6.60. The molecule has 0 aliphatic rings. The number of anilines is 2. The number of amides is 2. The molecular weight excluding hydrogens is 405 g/mol. The smallest absolute Gasteiger partial charge is 0.257 e. The molecule has 30 heavy (non-hydrogen) atoms. The van der Waals surface area contributed by atoms with Crippen molar-refractivity contribution in [2.45, 2.75) is 0 Å². The maximum absolute atomic E-state index is 14.0. The first-order chi connectivity index (χ1) is 14.4. The molecule has 3 N–H and O–H groups in total.